The lowest BCUT2D eigenvalue weighted by molar-refractivity contribution is 1.37. The number of hydrogen-bond donors (Lipinski definition) is 0. The van der Waals surface area contributed by atoms with Crippen LogP contribution >= 0.6 is 0 Å². The van der Waals surface area contributed by atoms with E-state index < -0.39 is 0 Å². The van der Waals surface area contributed by atoms with E-state index in [-0.39, 0.29) is 0 Å². The van der Waals surface area contributed by atoms with Crippen molar-refractivity contribution in [2.24, 2.45) is 9.98 Å². The fourth-order valence-electron chi connectivity index (χ4n) is 3.95. The van der Waals surface area contributed by atoms with Crippen LogP contribution in [0.25, 0.3) is 11.1 Å². The summed E-state index contributed by atoms with van der Waals surface area (Å²) in [5.41, 5.74) is 10.7. The van der Waals surface area contributed by atoms with Gasteiger partial charge in [0.1, 0.15) is 0 Å². The van der Waals surface area contributed by atoms with Crippen molar-refractivity contribution in [3.05, 3.63) is 119 Å². The van der Waals surface area contributed by atoms with Crippen molar-refractivity contribution in [1.29, 1.82) is 0 Å². The molecule has 30 heavy (non-hydrogen) atoms. The maximum absolute atomic E-state index is 5.15. The van der Waals surface area contributed by atoms with Gasteiger partial charge in [-0.2, -0.15) is 0 Å². The van der Waals surface area contributed by atoms with Crippen molar-refractivity contribution in [1.82, 2.24) is 0 Å². The van der Waals surface area contributed by atoms with Gasteiger partial charge in [-0.1, -0.05) is 84.9 Å². The number of aliphatic imine (C=N–C) groups is 2. The molecule has 0 aromatic heterocycles. The molecule has 0 N–H and O–H groups in total. The van der Waals surface area contributed by atoms with E-state index in [1.807, 2.05) is 24.3 Å². The monoisotopic (exact) mass is 386 g/mol. The number of benzene rings is 4. The van der Waals surface area contributed by atoms with Crippen molar-refractivity contribution in [2.45, 2.75) is 13.8 Å². The summed E-state index contributed by atoms with van der Waals surface area (Å²) in [5.74, 6) is 0. The van der Waals surface area contributed by atoms with Gasteiger partial charge in [0.2, 0.25) is 0 Å². The summed E-state index contributed by atoms with van der Waals surface area (Å²) in [5, 5.41) is 0. The lowest BCUT2D eigenvalue weighted by Crippen LogP contribution is -2.23. The van der Waals surface area contributed by atoms with Crippen LogP contribution in [0.2, 0.25) is 0 Å². The third-order valence-electron chi connectivity index (χ3n) is 5.57. The third kappa shape index (κ3) is 3.17. The van der Waals surface area contributed by atoms with E-state index in [2.05, 4.69) is 86.6 Å². The molecule has 5 rings (SSSR count). The Morgan fingerprint density at radius 3 is 1.13 bits per heavy atom. The third-order valence-corrected chi connectivity index (χ3v) is 5.57. The first kappa shape index (κ1) is 18.3. The zero-order chi connectivity index (χ0) is 20.5. The summed E-state index contributed by atoms with van der Waals surface area (Å²) in [6.07, 6.45) is 0. The Kier molecular flexibility index (Phi) is 4.61. The van der Waals surface area contributed by atoms with Gasteiger partial charge >= 0.3 is 0 Å². The highest BCUT2D eigenvalue weighted by molar-refractivity contribution is 6.57. The van der Waals surface area contributed by atoms with E-state index in [4.69, 9.17) is 9.98 Å². The molecule has 0 heterocycles. The standard InChI is InChI=1S/C28H22N2/c1-19-11-3-9-17-25(19)29-27-23-15-7-5-13-21(23)22-14-6-8-16-24(22)28(27)30-26-18-10-4-12-20(26)2/h3-18H,1-2H3. The molecule has 2 heteroatoms. The van der Waals surface area contributed by atoms with E-state index >= 15 is 0 Å². The van der Waals surface area contributed by atoms with Gasteiger partial charge in [0.25, 0.3) is 0 Å². The van der Waals surface area contributed by atoms with Gasteiger partial charge in [-0.25, -0.2) is 9.98 Å². The highest BCUT2D eigenvalue weighted by Gasteiger charge is 2.27. The minimum atomic E-state index is 0.918. The van der Waals surface area contributed by atoms with Gasteiger partial charge < -0.3 is 0 Å². The first-order chi connectivity index (χ1) is 14.7. The Balaban J connectivity index is 1.84. The highest BCUT2D eigenvalue weighted by Crippen LogP contribution is 2.36. The molecule has 1 aliphatic rings. The summed E-state index contributed by atoms with van der Waals surface area (Å²) in [4.78, 5) is 10.3. The fourth-order valence-corrected chi connectivity index (χ4v) is 3.95. The molecule has 0 bridgehead atoms. The Bertz CT molecular complexity index is 1210. The number of aryl methyl sites for hydroxylation is 2. The zero-order valence-electron chi connectivity index (χ0n) is 17.1. The summed E-state index contributed by atoms with van der Waals surface area (Å²) in [7, 11) is 0. The smallest absolute Gasteiger partial charge is 0.0978 e. The predicted octanol–water partition coefficient (Wildman–Crippen LogP) is 7.23. The lowest BCUT2D eigenvalue weighted by atomic mass is 9.82. The average Bonchev–Trinajstić information content (AvgIpc) is 2.78. The molecule has 0 unspecified atom stereocenters. The van der Waals surface area contributed by atoms with Crippen LogP contribution in [0.3, 0.4) is 0 Å². The quantitative estimate of drug-likeness (QED) is 0.347. The molecule has 0 radical (unpaired) electrons. The average molecular weight is 386 g/mol. The van der Waals surface area contributed by atoms with Crippen LogP contribution in [0.15, 0.2) is 107 Å². The van der Waals surface area contributed by atoms with E-state index in [0.717, 1.165) is 45.1 Å². The van der Waals surface area contributed by atoms with Crippen molar-refractivity contribution in [2.75, 3.05) is 0 Å². The van der Waals surface area contributed by atoms with Crippen molar-refractivity contribution in [3.8, 4) is 11.1 Å². The topological polar surface area (TPSA) is 24.7 Å². The van der Waals surface area contributed by atoms with Crippen LogP contribution in [0.4, 0.5) is 11.4 Å². The molecule has 4 aromatic carbocycles. The molecule has 4 aromatic rings. The molecule has 0 spiro atoms. The maximum Gasteiger partial charge on any atom is 0.0978 e. The largest absolute Gasteiger partial charge is 0.246 e. The van der Waals surface area contributed by atoms with Crippen molar-refractivity contribution < 1.29 is 0 Å². The van der Waals surface area contributed by atoms with E-state index in [0.29, 0.717) is 0 Å². The number of para-hydroxylation sites is 2. The minimum absolute atomic E-state index is 0.918. The van der Waals surface area contributed by atoms with Gasteiger partial charge in [-0.3, -0.25) is 0 Å². The second kappa shape index (κ2) is 7.57. The van der Waals surface area contributed by atoms with Crippen LogP contribution in [0.5, 0.6) is 0 Å². The Morgan fingerprint density at radius 1 is 0.400 bits per heavy atom. The second-order valence-electron chi connectivity index (χ2n) is 7.58. The highest BCUT2D eigenvalue weighted by atomic mass is 14.8. The lowest BCUT2D eigenvalue weighted by Gasteiger charge is -2.24. The molecule has 0 atom stereocenters. The maximum atomic E-state index is 5.15. The minimum Gasteiger partial charge on any atom is -0.246 e. The zero-order valence-corrected chi connectivity index (χ0v) is 17.1. The van der Waals surface area contributed by atoms with Crippen molar-refractivity contribution in [3.63, 3.8) is 0 Å². The Hall–Kier alpha value is -3.78. The van der Waals surface area contributed by atoms with Gasteiger partial charge in [0.15, 0.2) is 0 Å². The first-order valence-corrected chi connectivity index (χ1v) is 10.2. The van der Waals surface area contributed by atoms with Crippen LogP contribution in [-0.2, 0) is 0 Å². The number of fused-ring (bicyclic) bond motifs is 3. The van der Waals surface area contributed by atoms with Gasteiger partial charge in [-0.05, 0) is 48.2 Å². The predicted molar refractivity (Wildman–Crippen MR) is 127 cm³/mol. The van der Waals surface area contributed by atoms with E-state index in [9.17, 15) is 0 Å². The molecule has 0 fully saturated rings. The van der Waals surface area contributed by atoms with Crippen LogP contribution in [-0.4, -0.2) is 11.4 Å². The molecule has 144 valence electrons. The summed E-state index contributed by atoms with van der Waals surface area (Å²) >= 11 is 0. The van der Waals surface area contributed by atoms with Crippen LogP contribution in [0.1, 0.15) is 22.3 Å². The number of hydrogen-bond acceptors (Lipinski definition) is 2. The molecule has 0 aliphatic heterocycles. The molecular formula is C28H22N2. The normalized spacial score (nSPS) is 15.1. The van der Waals surface area contributed by atoms with Crippen LogP contribution < -0.4 is 0 Å². The van der Waals surface area contributed by atoms with Gasteiger partial charge in [0.05, 0.1) is 22.8 Å². The molecule has 1 aliphatic carbocycles. The molecule has 0 amide bonds. The van der Waals surface area contributed by atoms with E-state index in [1.54, 1.807) is 0 Å². The molecular weight excluding hydrogens is 364 g/mol. The summed E-state index contributed by atoms with van der Waals surface area (Å²) < 4.78 is 0. The summed E-state index contributed by atoms with van der Waals surface area (Å²) in [6.45, 7) is 4.19. The molecule has 2 nitrogen and oxygen atoms in total. The van der Waals surface area contributed by atoms with Gasteiger partial charge in [0, 0.05) is 11.1 Å². The SMILES string of the molecule is Cc1ccccc1N=C1C(=Nc2ccccc2C)c2ccccc2-c2ccccc21. The van der Waals surface area contributed by atoms with Crippen LogP contribution in [0, 0.1) is 13.8 Å². The van der Waals surface area contributed by atoms with E-state index in [1.165, 1.54) is 11.1 Å². The second-order valence-corrected chi connectivity index (χ2v) is 7.58. The number of rotatable bonds is 2. The van der Waals surface area contributed by atoms with Gasteiger partial charge in [-0.15, -0.1) is 0 Å². The molecule has 0 saturated carbocycles. The first-order valence-electron chi connectivity index (χ1n) is 10.2. The van der Waals surface area contributed by atoms with Crippen molar-refractivity contribution >= 4 is 22.8 Å². The Morgan fingerprint density at radius 2 is 0.733 bits per heavy atom. The fraction of sp³-hybridized carbons (Fsp3) is 0.0714. The molecule has 0 saturated heterocycles. The Labute approximate surface area is 177 Å². The number of nitrogens with zero attached hydrogens (tertiary/aromatic N) is 2. The summed E-state index contributed by atoms with van der Waals surface area (Å²) in [6, 6.07) is 33.5.